The Labute approximate surface area is 138 Å². The van der Waals surface area contributed by atoms with E-state index in [4.69, 9.17) is 9.47 Å². The Morgan fingerprint density at radius 1 is 0.696 bits per heavy atom. The number of methoxy groups -OCH3 is 2. The molecule has 0 saturated carbocycles. The number of nitrogens with one attached hydrogen (secondary N) is 1. The first kappa shape index (κ1) is 17.2. The van der Waals surface area contributed by atoms with Crippen molar-refractivity contribution in [2.24, 2.45) is 0 Å². The molecule has 0 amide bonds. The molecule has 23 heavy (non-hydrogen) atoms. The second-order valence-electron chi connectivity index (χ2n) is 5.02. The van der Waals surface area contributed by atoms with Crippen molar-refractivity contribution in [1.29, 1.82) is 0 Å². The topological polar surface area (TPSA) is 30.5 Å². The highest BCUT2D eigenvalue weighted by Crippen LogP contribution is 2.05. The average Bonchev–Trinajstić information content (AvgIpc) is 2.63. The van der Waals surface area contributed by atoms with Crippen LogP contribution in [0.15, 0.2) is 72.8 Å². The monoisotopic (exact) mass is 309 g/mol. The molecule has 0 heterocycles. The zero-order valence-corrected chi connectivity index (χ0v) is 13.6. The van der Waals surface area contributed by atoms with Crippen LogP contribution < -0.4 is 5.32 Å². The molecular formula is C20H23NO2. The maximum absolute atomic E-state index is 5.44. The summed E-state index contributed by atoms with van der Waals surface area (Å²) in [4.78, 5) is 0. The molecule has 0 aliphatic heterocycles. The summed E-state index contributed by atoms with van der Waals surface area (Å²) >= 11 is 0. The molecule has 2 unspecified atom stereocenters. The minimum atomic E-state index is -0.236. The molecule has 0 aliphatic carbocycles. The molecule has 1 N–H and O–H groups in total. The largest absolute Gasteiger partial charge is 0.363 e. The Balaban J connectivity index is 1.95. The van der Waals surface area contributed by atoms with Crippen LogP contribution in [0, 0.1) is 0 Å². The van der Waals surface area contributed by atoms with Gasteiger partial charge in [-0.05, 0) is 23.3 Å². The average molecular weight is 309 g/mol. The van der Waals surface area contributed by atoms with E-state index in [0.29, 0.717) is 0 Å². The van der Waals surface area contributed by atoms with E-state index in [9.17, 15) is 0 Å². The van der Waals surface area contributed by atoms with Crippen LogP contribution in [0.25, 0.3) is 12.2 Å². The predicted molar refractivity (Wildman–Crippen MR) is 95.7 cm³/mol. The van der Waals surface area contributed by atoms with Crippen LogP contribution in [0.5, 0.6) is 0 Å². The summed E-state index contributed by atoms with van der Waals surface area (Å²) in [6.07, 6.45) is 7.51. The Hall–Kier alpha value is -2.20. The summed E-state index contributed by atoms with van der Waals surface area (Å²) in [7, 11) is 3.33. The Bertz CT molecular complexity index is 553. The van der Waals surface area contributed by atoms with Crippen molar-refractivity contribution in [1.82, 2.24) is 5.32 Å². The fraction of sp³-hybridized carbons (Fsp3) is 0.200. The highest BCUT2D eigenvalue weighted by Gasteiger charge is 2.08. The van der Waals surface area contributed by atoms with E-state index in [1.165, 1.54) is 0 Å². The molecule has 0 spiro atoms. The third kappa shape index (κ3) is 6.20. The molecule has 2 aromatic carbocycles. The van der Waals surface area contributed by atoms with Crippen molar-refractivity contribution in [2.45, 2.75) is 12.5 Å². The summed E-state index contributed by atoms with van der Waals surface area (Å²) in [5.41, 5.74) is 2.26. The van der Waals surface area contributed by atoms with Crippen molar-refractivity contribution in [3.8, 4) is 0 Å². The minimum absolute atomic E-state index is 0.236. The van der Waals surface area contributed by atoms with Gasteiger partial charge in [-0.15, -0.1) is 0 Å². The lowest BCUT2D eigenvalue weighted by Gasteiger charge is -2.19. The van der Waals surface area contributed by atoms with E-state index >= 15 is 0 Å². The Morgan fingerprint density at radius 3 is 1.43 bits per heavy atom. The number of hydrogen-bond donors (Lipinski definition) is 1. The predicted octanol–water partition coefficient (Wildman–Crippen LogP) is 3.95. The molecule has 2 aromatic rings. The second-order valence-corrected chi connectivity index (χ2v) is 5.02. The molecule has 0 aliphatic rings. The van der Waals surface area contributed by atoms with Crippen LogP contribution in [0.3, 0.4) is 0 Å². The lowest BCUT2D eigenvalue weighted by Crippen LogP contribution is -2.38. The summed E-state index contributed by atoms with van der Waals surface area (Å²) < 4.78 is 10.9. The lowest BCUT2D eigenvalue weighted by molar-refractivity contribution is 0.0350. The van der Waals surface area contributed by atoms with E-state index in [2.05, 4.69) is 5.32 Å². The zero-order valence-electron chi connectivity index (χ0n) is 13.6. The number of hydrogen-bond acceptors (Lipinski definition) is 3. The summed E-state index contributed by atoms with van der Waals surface area (Å²) in [6, 6.07) is 20.2. The molecule has 3 nitrogen and oxygen atoms in total. The maximum Gasteiger partial charge on any atom is 0.129 e. The Morgan fingerprint density at radius 2 is 1.09 bits per heavy atom. The molecule has 0 saturated heterocycles. The van der Waals surface area contributed by atoms with Gasteiger partial charge in [0.05, 0.1) is 0 Å². The molecule has 120 valence electrons. The van der Waals surface area contributed by atoms with Gasteiger partial charge in [0.15, 0.2) is 0 Å². The maximum atomic E-state index is 5.44. The van der Waals surface area contributed by atoms with Gasteiger partial charge in [-0.1, -0.05) is 72.8 Å². The fourth-order valence-electron chi connectivity index (χ4n) is 2.09. The van der Waals surface area contributed by atoms with E-state index in [1.54, 1.807) is 14.2 Å². The van der Waals surface area contributed by atoms with Crippen molar-refractivity contribution in [3.05, 3.63) is 83.9 Å². The van der Waals surface area contributed by atoms with Gasteiger partial charge in [-0.2, -0.15) is 0 Å². The number of ether oxygens (including phenoxy) is 2. The fourth-order valence-corrected chi connectivity index (χ4v) is 2.09. The second kappa shape index (κ2) is 9.74. The van der Waals surface area contributed by atoms with E-state index in [0.717, 1.165) is 11.1 Å². The summed E-state index contributed by atoms with van der Waals surface area (Å²) in [6.45, 7) is 0. The SMILES string of the molecule is COC(C=Cc1ccccc1)NC(C=Cc1ccccc1)OC. The number of rotatable bonds is 8. The molecule has 2 rings (SSSR count). The lowest BCUT2D eigenvalue weighted by atomic mass is 10.2. The van der Waals surface area contributed by atoms with Gasteiger partial charge in [-0.25, -0.2) is 0 Å². The first-order valence-corrected chi connectivity index (χ1v) is 7.60. The van der Waals surface area contributed by atoms with Crippen molar-refractivity contribution in [3.63, 3.8) is 0 Å². The van der Waals surface area contributed by atoms with Crippen molar-refractivity contribution in [2.75, 3.05) is 14.2 Å². The van der Waals surface area contributed by atoms with Crippen molar-refractivity contribution < 1.29 is 9.47 Å². The van der Waals surface area contributed by atoms with Crippen LogP contribution in [0.2, 0.25) is 0 Å². The molecule has 0 radical (unpaired) electrons. The van der Waals surface area contributed by atoms with Gasteiger partial charge in [-0.3, -0.25) is 5.32 Å². The standard InChI is InChI=1S/C20H23NO2/c1-22-19(15-13-17-9-5-3-6-10-17)21-20(23-2)16-14-18-11-7-4-8-12-18/h3-16,19-21H,1-2H3. The molecule has 0 fully saturated rings. The van der Waals surface area contributed by atoms with Crippen LogP contribution in [0.4, 0.5) is 0 Å². The summed E-state index contributed by atoms with van der Waals surface area (Å²) in [5.74, 6) is 0. The first-order valence-electron chi connectivity index (χ1n) is 7.60. The van der Waals surface area contributed by atoms with Gasteiger partial charge in [0.2, 0.25) is 0 Å². The molecule has 2 atom stereocenters. The van der Waals surface area contributed by atoms with Crippen LogP contribution >= 0.6 is 0 Å². The van der Waals surface area contributed by atoms with E-state index < -0.39 is 0 Å². The van der Waals surface area contributed by atoms with Crippen LogP contribution in [-0.2, 0) is 9.47 Å². The Kier molecular flexibility index (Phi) is 7.27. The van der Waals surface area contributed by atoms with E-state index in [-0.39, 0.29) is 12.5 Å². The van der Waals surface area contributed by atoms with Gasteiger partial charge in [0.1, 0.15) is 12.5 Å². The van der Waals surface area contributed by atoms with Gasteiger partial charge < -0.3 is 9.47 Å². The highest BCUT2D eigenvalue weighted by molar-refractivity contribution is 5.50. The minimum Gasteiger partial charge on any atom is -0.363 e. The van der Waals surface area contributed by atoms with E-state index in [1.807, 2.05) is 85.0 Å². The molecule has 0 bridgehead atoms. The molecular weight excluding hydrogens is 286 g/mol. The normalized spacial score (nSPS) is 14.3. The van der Waals surface area contributed by atoms with Gasteiger partial charge in [0.25, 0.3) is 0 Å². The quantitative estimate of drug-likeness (QED) is 0.749. The zero-order chi connectivity index (χ0) is 16.3. The third-order valence-electron chi connectivity index (χ3n) is 3.36. The molecule has 0 aromatic heterocycles. The van der Waals surface area contributed by atoms with Crippen molar-refractivity contribution >= 4 is 12.2 Å². The highest BCUT2D eigenvalue weighted by atomic mass is 16.5. The third-order valence-corrected chi connectivity index (χ3v) is 3.36. The van der Waals surface area contributed by atoms with Gasteiger partial charge in [0, 0.05) is 14.2 Å². The summed E-state index contributed by atoms with van der Waals surface area (Å²) in [5, 5.41) is 3.28. The smallest absolute Gasteiger partial charge is 0.129 e. The van der Waals surface area contributed by atoms with Crippen LogP contribution in [-0.4, -0.2) is 26.7 Å². The first-order chi connectivity index (χ1) is 11.3. The molecule has 3 heteroatoms. The number of benzene rings is 2. The van der Waals surface area contributed by atoms with Gasteiger partial charge >= 0.3 is 0 Å². The van der Waals surface area contributed by atoms with Crippen LogP contribution in [0.1, 0.15) is 11.1 Å².